The molecule has 4 rings (SSSR count). The van der Waals surface area contributed by atoms with Crippen LogP contribution in [-0.2, 0) is 40.8 Å². The number of rotatable bonds is 8. The summed E-state index contributed by atoms with van der Waals surface area (Å²) in [5.74, 6) is 0.679. The number of aromatic nitrogens is 5. The van der Waals surface area contributed by atoms with E-state index >= 15 is 0 Å². The molecule has 0 atom stereocenters. The minimum atomic E-state index is -0.0303. The second-order valence-corrected chi connectivity index (χ2v) is 7.28. The van der Waals surface area contributed by atoms with E-state index in [0.29, 0.717) is 38.7 Å². The first-order valence-corrected chi connectivity index (χ1v) is 9.98. The van der Waals surface area contributed by atoms with Crippen LogP contribution in [0.2, 0.25) is 0 Å². The molecule has 0 saturated carbocycles. The highest BCUT2D eigenvalue weighted by Gasteiger charge is 2.29. The van der Waals surface area contributed by atoms with E-state index < -0.39 is 0 Å². The number of amides is 1. The van der Waals surface area contributed by atoms with Crippen molar-refractivity contribution in [2.75, 3.05) is 33.5 Å². The normalized spacial score (nSPS) is 13.5. The summed E-state index contributed by atoms with van der Waals surface area (Å²) in [6, 6.07) is 10.2. The number of fused-ring (bicyclic) bond motifs is 1. The SMILES string of the molecule is COCCOCC(=O)N1CCc2c(c(-c3nncn3Cc3ccccc3)nn2C)C1. The van der Waals surface area contributed by atoms with Gasteiger partial charge in [0.05, 0.1) is 19.8 Å². The lowest BCUT2D eigenvalue weighted by Crippen LogP contribution is -2.38. The number of benzene rings is 1. The average molecular weight is 410 g/mol. The van der Waals surface area contributed by atoms with Crippen LogP contribution in [0.15, 0.2) is 36.7 Å². The van der Waals surface area contributed by atoms with Crippen molar-refractivity contribution in [3.8, 4) is 11.5 Å². The molecular weight excluding hydrogens is 384 g/mol. The highest BCUT2D eigenvalue weighted by atomic mass is 16.5. The van der Waals surface area contributed by atoms with Crippen LogP contribution < -0.4 is 0 Å². The fourth-order valence-electron chi connectivity index (χ4n) is 3.71. The van der Waals surface area contributed by atoms with Crippen molar-refractivity contribution in [1.82, 2.24) is 29.4 Å². The third-order valence-corrected chi connectivity index (χ3v) is 5.28. The Morgan fingerprint density at radius 3 is 2.83 bits per heavy atom. The molecule has 0 bridgehead atoms. The monoisotopic (exact) mass is 410 g/mol. The zero-order chi connectivity index (χ0) is 20.9. The van der Waals surface area contributed by atoms with E-state index in [4.69, 9.17) is 14.6 Å². The molecule has 158 valence electrons. The number of carbonyl (C=O) groups is 1. The van der Waals surface area contributed by atoms with Gasteiger partial charge >= 0.3 is 0 Å². The molecule has 1 amide bonds. The highest BCUT2D eigenvalue weighted by molar-refractivity contribution is 5.78. The molecular formula is C21H26N6O3. The summed E-state index contributed by atoms with van der Waals surface area (Å²) in [5, 5.41) is 13.2. The fourth-order valence-corrected chi connectivity index (χ4v) is 3.71. The predicted molar refractivity (Wildman–Crippen MR) is 110 cm³/mol. The van der Waals surface area contributed by atoms with E-state index in [9.17, 15) is 4.79 Å². The topological polar surface area (TPSA) is 87.3 Å². The number of methoxy groups -OCH3 is 1. The second-order valence-electron chi connectivity index (χ2n) is 7.28. The standard InChI is InChI=1S/C21H26N6O3/c1-25-18-8-9-26(19(28)14-30-11-10-29-2)13-17(18)20(24-25)21-23-22-15-27(21)12-16-6-4-3-5-7-16/h3-7,15H,8-14H2,1-2H3. The smallest absolute Gasteiger partial charge is 0.248 e. The van der Waals surface area contributed by atoms with Gasteiger partial charge in [-0.25, -0.2) is 0 Å². The van der Waals surface area contributed by atoms with Crippen LogP contribution in [-0.4, -0.2) is 68.8 Å². The average Bonchev–Trinajstić information content (AvgIpc) is 3.35. The van der Waals surface area contributed by atoms with Crippen molar-refractivity contribution in [3.05, 3.63) is 53.5 Å². The van der Waals surface area contributed by atoms with Crippen LogP contribution in [0.5, 0.6) is 0 Å². The van der Waals surface area contributed by atoms with Gasteiger partial charge in [-0.1, -0.05) is 30.3 Å². The molecule has 1 aliphatic heterocycles. The zero-order valence-electron chi connectivity index (χ0n) is 17.3. The summed E-state index contributed by atoms with van der Waals surface area (Å²) in [6.45, 7) is 2.73. The van der Waals surface area contributed by atoms with Gasteiger partial charge in [-0.2, -0.15) is 5.10 Å². The lowest BCUT2D eigenvalue weighted by atomic mass is 10.0. The van der Waals surface area contributed by atoms with Gasteiger partial charge in [0.1, 0.15) is 18.6 Å². The Hall–Kier alpha value is -3.04. The van der Waals surface area contributed by atoms with Gasteiger partial charge in [-0.05, 0) is 5.56 Å². The second kappa shape index (κ2) is 9.19. The Bertz CT molecular complexity index is 998. The Kier molecular flexibility index (Phi) is 6.20. The Morgan fingerprint density at radius 2 is 2.03 bits per heavy atom. The molecule has 1 aromatic carbocycles. The van der Waals surface area contributed by atoms with Crippen LogP contribution in [0.1, 0.15) is 16.8 Å². The number of hydrogen-bond acceptors (Lipinski definition) is 6. The molecule has 0 saturated heterocycles. The van der Waals surface area contributed by atoms with E-state index in [1.54, 1.807) is 13.4 Å². The highest BCUT2D eigenvalue weighted by Crippen LogP contribution is 2.29. The Balaban J connectivity index is 1.54. The third-order valence-electron chi connectivity index (χ3n) is 5.28. The van der Waals surface area contributed by atoms with Crippen LogP contribution >= 0.6 is 0 Å². The van der Waals surface area contributed by atoms with Crippen molar-refractivity contribution < 1.29 is 14.3 Å². The number of nitrogens with zero attached hydrogens (tertiary/aromatic N) is 6. The van der Waals surface area contributed by atoms with Gasteiger partial charge in [0.25, 0.3) is 0 Å². The number of ether oxygens (including phenoxy) is 2. The van der Waals surface area contributed by atoms with Crippen LogP contribution in [0.3, 0.4) is 0 Å². The van der Waals surface area contributed by atoms with E-state index in [1.165, 1.54) is 0 Å². The summed E-state index contributed by atoms with van der Waals surface area (Å²) >= 11 is 0. The first kappa shape index (κ1) is 20.2. The molecule has 3 aromatic rings. The predicted octanol–water partition coefficient (Wildman–Crippen LogP) is 1.27. The molecule has 0 aliphatic carbocycles. The van der Waals surface area contributed by atoms with E-state index in [-0.39, 0.29) is 12.5 Å². The van der Waals surface area contributed by atoms with Crippen molar-refractivity contribution in [2.45, 2.75) is 19.5 Å². The number of hydrogen-bond donors (Lipinski definition) is 0. The number of aryl methyl sites for hydroxylation is 1. The number of carbonyl (C=O) groups excluding carboxylic acids is 1. The summed E-state index contributed by atoms with van der Waals surface area (Å²) in [4.78, 5) is 14.4. The Labute approximate surface area is 175 Å². The van der Waals surface area contributed by atoms with Crippen LogP contribution in [0, 0.1) is 0 Å². The molecule has 0 unspecified atom stereocenters. The largest absolute Gasteiger partial charge is 0.382 e. The van der Waals surface area contributed by atoms with Crippen molar-refractivity contribution in [1.29, 1.82) is 0 Å². The van der Waals surface area contributed by atoms with Gasteiger partial charge in [0.2, 0.25) is 5.91 Å². The molecule has 0 radical (unpaired) electrons. The van der Waals surface area contributed by atoms with Crippen LogP contribution in [0.25, 0.3) is 11.5 Å². The fraction of sp³-hybridized carbons (Fsp3) is 0.429. The summed E-state index contributed by atoms with van der Waals surface area (Å²) in [7, 11) is 3.55. The van der Waals surface area contributed by atoms with Gasteiger partial charge in [0.15, 0.2) is 5.82 Å². The molecule has 30 heavy (non-hydrogen) atoms. The third kappa shape index (κ3) is 4.27. The maximum atomic E-state index is 12.6. The summed E-state index contributed by atoms with van der Waals surface area (Å²) < 4.78 is 14.2. The molecule has 0 spiro atoms. The van der Waals surface area contributed by atoms with E-state index in [1.807, 2.05) is 39.4 Å². The van der Waals surface area contributed by atoms with Crippen molar-refractivity contribution >= 4 is 5.91 Å². The van der Waals surface area contributed by atoms with E-state index in [0.717, 1.165) is 28.9 Å². The quantitative estimate of drug-likeness (QED) is 0.520. The Morgan fingerprint density at radius 1 is 1.20 bits per heavy atom. The molecule has 9 heteroatoms. The molecule has 2 aromatic heterocycles. The molecule has 1 aliphatic rings. The molecule has 0 fully saturated rings. The van der Waals surface area contributed by atoms with Gasteiger partial charge in [-0.15, -0.1) is 10.2 Å². The van der Waals surface area contributed by atoms with E-state index in [2.05, 4.69) is 22.3 Å². The minimum absolute atomic E-state index is 0.0303. The van der Waals surface area contributed by atoms with Crippen LogP contribution in [0.4, 0.5) is 0 Å². The van der Waals surface area contributed by atoms with Crippen molar-refractivity contribution in [3.63, 3.8) is 0 Å². The zero-order valence-corrected chi connectivity index (χ0v) is 17.3. The molecule has 0 N–H and O–H groups in total. The van der Waals surface area contributed by atoms with Gasteiger partial charge in [0, 0.05) is 44.9 Å². The lowest BCUT2D eigenvalue weighted by Gasteiger charge is -2.27. The maximum absolute atomic E-state index is 12.6. The molecule has 3 heterocycles. The first-order valence-electron chi connectivity index (χ1n) is 9.98. The van der Waals surface area contributed by atoms with Crippen molar-refractivity contribution in [2.24, 2.45) is 7.05 Å². The van der Waals surface area contributed by atoms with Gasteiger partial charge in [-0.3, -0.25) is 9.48 Å². The maximum Gasteiger partial charge on any atom is 0.248 e. The summed E-state index contributed by atoms with van der Waals surface area (Å²) in [5.41, 5.74) is 4.09. The lowest BCUT2D eigenvalue weighted by molar-refractivity contribution is -0.137. The first-order chi connectivity index (χ1) is 14.7. The molecule has 9 nitrogen and oxygen atoms in total. The van der Waals surface area contributed by atoms with Gasteiger partial charge < -0.3 is 18.9 Å². The minimum Gasteiger partial charge on any atom is -0.382 e. The summed E-state index contributed by atoms with van der Waals surface area (Å²) in [6.07, 6.45) is 2.47.